The molecule has 2 aliphatic rings. The van der Waals surface area contributed by atoms with Crippen LogP contribution in [-0.4, -0.2) is 49.8 Å². The number of allylic oxidation sites excluding steroid dienone is 3. The zero-order valence-electron chi connectivity index (χ0n) is 30.9. The molecule has 3 aromatic carbocycles. The Bertz CT molecular complexity index is 2260. The predicted octanol–water partition coefficient (Wildman–Crippen LogP) is 10.3. The van der Waals surface area contributed by atoms with E-state index in [-0.39, 0.29) is 46.8 Å². The predicted molar refractivity (Wildman–Crippen MR) is 202 cm³/mol. The lowest BCUT2D eigenvalue weighted by Gasteiger charge is -2.34. The van der Waals surface area contributed by atoms with Crippen molar-refractivity contribution in [3.05, 3.63) is 140 Å². The number of aromatic nitrogens is 1. The second kappa shape index (κ2) is 13.9. The lowest BCUT2D eigenvalue weighted by molar-refractivity contribution is -0.362. The molecule has 12 heteroatoms. The fourth-order valence-corrected chi connectivity index (χ4v) is 7.48. The molecule has 4 aromatic rings. The minimum atomic E-state index is -4.83. The van der Waals surface area contributed by atoms with Gasteiger partial charge in [-0.3, -0.25) is 0 Å². The van der Waals surface area contributed by atoms with Crippen molar-refractivity contribution in [2.24, 2.45) is 0 Å². The summed E-state index contributed by atoms with van der Waals surface area (Å²) in [6.07, 6.45) is 6.86. The van der Waals surface area contributed by atoms with Gasteiger partial charge in [-0.1, -0.05) is 44.2 Å². The summed E-state index contributed by atoms with van der Waals surface area (Å²) < 4.78 is 113. The normalized spacial score (nSPS) is 15.4. The molecule has 6 rings (SSSR count). The highest BCUT2D eigenvalue weighted by Gasteiger charge is 2.58. The maximum Gasteiger partial charge on any atom is 0.737 e. The van der Waals surface area contributed by atoms with Gasteiger partial charge in [0.15, 0.2) is 34.7 Å². The maximum absolute atomic E-state index is 17.7. The van der Waals surface area contributed by atoms with Crippen LogP contribution >= 0.6 is 0 Å². The van der Waals surface area contributed by atoms with Crippen LogP contribution in [0.25, 0.3) is 23.8 Å². The van der Waals surface area contributed by atoms with Crippen molar-refractivity contribution in [3.8, 4) is 0 Å². The van der Waals surface area contributed by atoms with Gasteiger partial charge in [-0.2, -0.15) is 0 Å². The van der Waals surface area contributed by atoms with E-state index in [2.05, 4.69) is 0 Å². The molecule has 0 saturated heterocycles. The molecule has 0 saturated carbocycles. The van der Waals surface area contributed by atoms with E-state index in [0.29, 0.717) is 22.3 Å². The highest BCUT2D eigenvalue weighted by Crippen LogP contribution is 2.49. The van der Waals surface area contributed by atoms with Gasteiger partial charge in [0.05, 0.1) is 11.1 Å². The van der Waals surface area contributed by atoms with Crippen LogP contribution in [0.5, 0.6) is 0 Å². The summed E-state index contributed by atoms with van der Waals surface area (Å²) in [7, 11) is 7.56. The minimum Gasteiger partial charge on any atom is -0.389 e. The molecule has 0 spiro atoms. The summed E-state index contributed by atoms with van der Waals surface area (Å²) in [5.41, 5.74) is 2.43. The zero-order chi connectivity index (χ0) is 38.7. The Morgan fingerprint density at radius 2 is 1.13 bits per heavy atom. The van der Waals surface area contributed by atoms with Crippen LogP contribution in [0, 0.1) is 36.0 Å². The van der Waals surface area contributed by atoms with Crippen molar-refractivity contribution in [2.75, 3.05) is 38.0 Å². The average molecular weight is 733 g/mol. The van der Waals surface area contributed by atoms with E-state index < -0.39 is 47.2 Å². The van der Waals surface area contributed by atoms with Crippen molar-refractivity contribution in [3.63, 3.8) is 0 Å². The average Bonchev–Trinajstić information content (AvgIpc) is 3.59. The largest absolute Gasteiger partial charge is 0.737 e. The van der Waals surface area contributed by atoms with Crippen LogP contribution in [0.15, 0.2) is 71.5 Å². The second-order valence-corrected chi connectivity index (χ2v) is 13.7. The maximum atomic E-state index is 17.7. The van der Waals surface area contributed by atoms with Crippen molar-refractivity contribution >= 4 is 47.9 Å². The monoisotopic (exact) mass is 732 g/mol. The molecule has 0 unspecified atom stereocenters. The Hall–Kier alpha value is -5.26. The molecule has 0 N–H and O–H groups in total. The van der Waals surface area contributed by atoms with Gasteiger partial charge in [0.2, 0.25) is 5.82 Å². The van der Waals surface area contributed by atoms with Gasteiger partial charge >= 0.3 is 6.97 Å². The van der Waals surface area contributed by atoms with E-state index in [1.165, 1.54) is 12.2 Å². The van der Waals surface area contributed by atoms with Gasteiger partial charge in [0, 0.05) is 68.2 Å². The van der Waals surface area contributed by atoms with Crippen LogP contribution < -0.4 is 9.80 Å². The standard InChI is InChI=1S/C41H40BF7N4/c1-9-29-23(3)40-34(33-35(43)37(45)39(47)38(46)36(33)44)41-24(4)30(10-2)32(22-16-26-13-19-28(20-14-26)51(7)8)53(41)42(48,49)52(40)31(29)21-15-25-11-17-27(18-12-25)50(5)6/h11-22H,9-10H2,1-8H3. The first-order chi connectivity index (χ1) is 25.1. The van der Waals surface area contributed by atoms with E-state index in [0.717, 1.165) is 20.3 Å². The van der Waals surface area contributed by atoms with E-state index >= 15 is 26.2 Å². The van der Waals surface area contributed by atoms with Gasteiger partial charge in [-0.25, -0.2) is 22.0 Å². The number of nitrogens with zero attached hydrogens (tertiary/aromatic N) is 4. The quantitative estimate of drug-likeness (QED) is 0.0737. The van der Waals surface area contributed by atoms with Crippen molar-refractivity contribution in [1.82, 2.24) is 4.48 Å². The third kappa shape index (κ3) is 6.01. The number of benzene rings is 3. The topological polar surface area (TPSA) is 14.4 Å². The van der Waals surface area contributed by atoms with Crippen LogP contribution in [0.4, 0.5) is 42.0 Å². The lowest BCUT2D eigenvalue weighted by Crippen LogP contribution is -2.52. The van der Waals surface area contributed by atoms with Crippen LogP contribution in [0.3, 0.4) is 0 Å². The smallest absolute Gasteiger partial charge is 0.389 e. The highest BCUT2D eigenvalue weighted by atomic mass is 19.2. The van der Waals surface area contributed by atoms with Crippen molar-refractivity contribution in [2.45, 2.75) is 40.5 Å². The first-order valence-corrected chi connectivity index (χ1v) is 17.4. The van der Waals surface area contributed by atoms with Gasteiger partial charge in [-0.05, 0) is 85.4 Å². The Labute approximate surface area is 305 Å². The Morgan fingerprint density at radius 3 is 1.58 bits per heavy atom. The van der Waals surface area contributed by atoms with E-state index in [1.807, 2.05) is 86.5 Å². The van der Waals surface area contributed by atoms with Gasteiger partial charge in [-0.15, -0.1) is 0 Å². The molecular formula is C41H40BF7N4. The number of anilines is 2. The Morgan fingerprint density at radius 1 is 0.660 bits per heavy atom. The summed E-state index contributed by atoms with van der Waals surface area (Å²) in [5, 5.41) is 0. The molecule has 2 aliphatic heterocycles. The zero-order valence-corrected chi connectivity index (χ0v) is 30.9. The minimum absolute atomic E-state index is 0.0623. The van der Waals surface area contributed by atoms with E-state index in [4.69, 9.17) is 0 Å². The molecule has 3 heterocycles. The molecule has 0 bridgehead atoms. The molecule has 0 amide bonds. The number of halogens is 7. The fraction of sp³-hybridized carbons (Fsp3) is 0.244. The van der Waals surface area contributed by atoms with Crippen LogP contribution in [-0.2, 0) is 6.42 Å². The van der Waals surface area contributed by atoms with Gasteiger partial charge in [0.1, 0.15) is 0 Å². The molecule has 0 atom stereocenters. The first kappa shape index (κ1) is 37.5. The summed E-state index contributed by atoms with van der Waals surface area (Å²) in [4.78, 5) is 3.84. The fourth-order valence-electron chi connectivity index (χ4n) is 7.48. The van der Waals surface area contributed by atoms with Crippen molar-refractivity contribution in [1.29, 1.82) is 0 Å². The third-order valence-corrected chi connectivity index (χ3v) is 10.2. The third-order valence-electron chi connectivity index (χ3n) is 10.2. The summed E-state index contributed by atoms with van der Waals surface area (Å²) in [6.45, 7) is 1.78. The summed E-state index contributed by atoms with van der Waals surface area (Å²) in [6, 6.07) is 14.8. The lowest BCUT2D eigenvalue weighted by atomic mass is 9.83. The number of fused-ring (bicyclic) bond motifs is 2. The summed E-state index contributed by atoms with van der Waals surface area (Å²) in [5.74, 6) is -10.8. The van der Waals surface area contributed by atoms with Gasteiger partial charge in [0.25, 0.3) is 0 Å². The second-order valence-electron chi connectivity index (χ2n) is 13.7. The molecule has 0 aliphatic carbocycles. The number of hydrogen-bond donors (Lipinski definition) is 0. The molecule has 4 nitrogen and oxygen atoms in total. The molecule has 276 valence electrons. The number of rotatable bonds is 9. The Kier molecular flexibility index (Phi) is 9.87. The SMILES string of the molecule is CCC1=C(C)C2=C(c3c(F)c(F)c(F)c(F)c3F)c3c(C)c(CC)c(C=Cc4ccc(N(C)C)cc4)n3[B-](F)(F)[N+]2=C1C=Cc1ccc(N(C)C)cc1. The van der Waals surface area contributed by atoms with Gasteiger partial charge < -0.3 is 27.4 Å². The molecule has 53 heavy (non-hydrogen) atoms. The molecule has 1 aromatic heterocycles. The first-order valence-electron chi connectivity index (χ1n) is 17.4. The van der Waals surface area contributed by atoms with Crippen LogP contribution in [0.2, 0.25) is 0 Å². The molecule has 0 fully saturated rings. The molecular weight excluding hydrogens is 692 g/mol. The Balaban J connectivity index is 1.71. The summed E-state index contributed by atoms with van der Waals surface area (Å²) >= 11 is 0. The number of hydrogen-bond acceptors (Lipinski definition) is 2. The van der Waals surface area contributed by atoms with Crippen LogP contribution in [0.1, 0.15) is 66.4 Å². The van der Waals surface area contributed by atoms with E-state index in [9.17, 15) is 4.39 Å². The highest BCUT2D eigenvalue weighted by molar-refractivity contribution is 6.59. The van der Waals surface area contributed by atoms with E-state index in [1.54, 1.807) is 39.8 Å². The van der Waals surface area contributed by atoms with Crippen molar-refractivity contribution < 1.29 is 35.1 Å². The molecule has 0 radical (unpaired) electrons.